The predicted octanol–water partition coefficient (Wildman–Crippen LogP) is 2.40. The number of ether oxygens (including phenoxy) is 1. The van der Waals surface area contributed by atoms with Gasteiger partial charge in [-0.05, 0) is 12.1 Å². The molecule has 1 aromatic rings. The van der Waals surface area contributed by atoms with E-state index in [9.17, 15) is 0 Å². The van der Waals surface area contributed by atoms with Crippen molar-refractivity contribution >= 4 is 29.6 Å². The number of methoxy groups -OCH3 is 1. The molecule has 6 heteroatoms. The van der Waals surface area contributed by atoms with Crippen LogP contribution < -0.4 is 4.74 Å². The van der Waals surface area contributed by atoms with Crippen LogP contribution in [0, 0.1) is 0 Å². The number of rotatable bonds is 1. The van der Waals surface area contributed by atoms with Crippen LogP contribution in [0.15, 0.2) is 30.3 Å². The van der Waals surface area contributed by atoms with Gasteiger partial charge in [-0.15, -0.1) is 0 Å². The summed E-state index contributed by atoms with van der Waals surface area (Å²) in [5.74, 6) is 0.910. The number of halogens is 2. The molecule has 0 amide bonds. The first kappa shape index (κ1) is 12.5. The molecule has 74 valence electrons. The first-order valence-electron chi connectivity index (χ1n) is 3.16. The molecule has 0 aliphatic heterocycles. The highest BCUT2D eigenvalue weighted by Crippen LogP contribution is 2.05. The van der Waals surface area contributed by atoms with E-state index in [1.54, 1.807) is 7.11 Å². The topological polar surface area (TPSA) is 43.4 Å². The summed E-state index contributed by atoms with van der Waals surface area (Å²) in [4.78, 5) is 0. The van der Waals surface area contributed by atoms with Crippen molar-refractivity contribution in [1.29, 1.82) is 0 Å². The van der Waals surface area contributed by atoms with E-state index in [4.69, 9.17) is 13.2 Å². The Hall–Kier alpha value is -0.450. The second kappa shape index (κ2) is 6.07. The fraction of sp³-hybridized carbons (Fsp3) is 0.143. The SMILES string of the molecule is COc1ccccc1.O=S(=O)(Cl)Cl. The lowest BCUT2D eigenvalue weighted by atomic mass is 10.3. The summed E-state index contributed by atoms with van der Waals surface area (Å²) in [5, 5.41) is 0. The molecular formula is C7H8Cl2O3S. The Bertz CT molecular complexity index is 315. The van der Waals surface area contributed by atoms with Gasteiger partial charge in [0.25, 0.3) is 0 Å². The molecule has 0 saturated heterocycles. The van der Waals surface area contributed by atoms with Gasteiger partial charge in [-0.25, -0.2) is 0 Å². The van der Waals surface area contributed by atoms with E-state index < -0.39 is 8.26 Å². The number of hydrogen-bond acceptors (Lipinski definition) is 3. The first-order chi connectivity index (χ1) is 5.93. The molecule has 1 aromatic carbocycles. The largest absolute Gasteiger partial charge is 0.497 e. The highest BCUT2D eigenvalue weighted by Gasteiger charge is 1.88. The quantitative estimate of drug-likeness (QED) is 0.711. The van der Waals surface area contributed by atoms with Gasteiger partial charge in [0, 0.05) is 21.4 Å². The van der Waals surface area contributed by atoms with Gasteiger partial charge in [0.2, 0.25) is 0 Å². The van der Waals surface area contributed by atoms with E-state index in [2.05, 4.69) is 21.4 Å². The van der Waals surface area contributed by atoms with Crippen molar-refractivity contribution in [2.45, 2.75) is 0 Å². The summed E-state index contributed by atoms with van der Waals surface area (Å²) in [7, 11) is 6.48. The third kappa shape index (κ3) is 11.5. The van der Waals surface area contributed by atoms with Gasteiger partial charge in [-0.1, -0.05) is 18.2 Å². The van der Waals surface area contributed by atoms with E-state index in [1.807, 2.05) is 30.3 Å². The molecule has 0 aromatic heterocycles. The molecule has 0 spiro atoms. The lowest BCUT2D eigenvalue weighted by molar-refractivity contribution is 0.415. The standard InChI is InChI=1S/C7H8O.Cl2O2S/c1-8-7-5-3-2-4-6-7;1-5(2,3)4/h2-6H,1H3;. The van der Waals surface area contributed by atoms with Gasteiger partial charge < -0.3 is 4.74 Å². The van der Waals surface area contributed by atoms with Gasteiger partial charge in [-0.2, -0.15) is 8.42 Å². The molecule has 0 atom stereocenters. The van der Waals surface area contributed by atoms with Crippen LogP contribution in [0.1, 0.15) is 0 Å². The first-order valence-corrected chi connectivity index (χ1v) is 6.30. The molecule has 0 aliphatic rings. The van der Waals surface area contributed by atoms with Crippen LogP contribution in [0.2, 0.25) is 0 Å². The summed E-state index contributed by atoms with van der Waals surface area (Å²) in [6.07, 6.45) is 0. The maximum absolute atomic E-state index is 9.16. The van der Waals surface area contributed by atoms with Crippen LogP contribution in [0.4, 0.5) is 0 Å². The highest BCUT2D eigenvalue weighted by atomic mass is 36.0. The zero-order chi connectivity index (χ0) is 10.3. The Labute approximate surface area is 86.2 Å². The van der Waals surface area contributed by atoms with Crippen molar-refractivity contribution in [3.05, 3.63) is 30.3 Å². The second-order valence-electron chi connectivity index (χ2n) is 1.90. The summed E-state index contributed by atoms with van der Waals surface area (Å²) < 4.78 is 23.2. The average Bonchev–Trinajstić information content (AvgIpc) is 2.03. The number of para-hydroxylation sites is 1. The lowest BCUT2D eigenvalue weighted by Crippen LogP contribution is -1.78. The van der Waals surface area contributed by atoms with Crippen molar-refractivity contribution in [3.63, 3.8) is 0 Å². The van der Waals surface area contributed by atoms with Crippen LogP contribution in [-0.4, -0.2) is 15.5 Å². The minimum absolute atomic E-state index is 0.910. The van der Waals surface area contributed by atoms with Crippen molar-refractivity contribution in [1.82, 2.24) is 0 Å². The third-order valence-corrected chi connectivity index (χ3v) is 0.979. The monoisotopic (exact) mass is 242 g/mol. The van der Waals surface area contributed by atoms with Crippen molar-refractivity contribution < 1.29 is 13.2 Å². The van der Waals surface area contributed by atoms with Crippen molar-refractivity contribution in [2.75, 3.05) is 7.11 Å². The van der Waals surface area contributed by atoms with Gasteiger partial charge in [0.1, 0.15) is 5.75 Å². The molecule has 0 saturated carbocycles. The maximum Gasteiger partial charge on any atom is 0.317 e. The van der Waals surface area contributed by atoms with Crippen LogP contribution in [-0.2, 0) is 8.26 Å². The van der Waals surface area contributed by atoms with E-state index in [0.29, 0.717) is 0 Å². The summed E-state index contributed by atoms with van der Waals surface area (Å²) in [5.41, 5.74) is 0. The predicted molar refractivity (Wildman–Crippen MR) is 53.6 cm³/mol. The molecule has 0 fully saturated rings. The molecule has 13 heavy (non-hydrogen) atoms. The van der Waals surface area contributed by atoms with Gasteiger partial charge in [0.15, 0.2) is 0 Å². The van der Waals surface area contributed by atoms with Gasteiger partial charge in [-0.3, -0.25) is 0 Å². The molecule has 0 unspecified atom stereocenters. The normalized spacial score (nSPS) is 9.77. The van der Waals surface area contributed by atoms with Crippen molar-refractivity contribution in [3.8, 4) is 5.75 Å². The van der Waals surface area contributed by atoms with Gasteiger partial charge in [0.05, 0.1) is 7.11 Å². The average molecular weight is 243 g/mol. The fourth-order valence-electron chi connectivity index (χ4n) is 0.557. The summed E-state index contributed by atoms with van der Waals surface area (Å²) in [6.45, 7) is 0. The van der Waals surface area contributed by atoms with Gasteiger partial charge >= 0.3 is 8.26 Å². The van der Waals surface area contributed by atoms with Crippen LogP contribution >= 0.6 is 21.4 Å². The Morgan fingerprint density at radius 1 is 1.15 bits per heavy atom. The molecule has 0 N–H and O–H groups in total. The molecule has 3 nitrogen and oxygen atoms in total. The van der Waals surface area contributed by atoms with Crippen LogP contribution in [0.25, 0.3) is 0 Å². The molecular weight excluding hydrogens is 235 g/mol. The molecule has 0 heterocycles. The number of benzene rings is 1. The van der Waals surface area contributed by atoms with Crippen LogP contribution in [0.5, 0.6) is 5.75 Å². The summed E-state index contributed by atoms with van der Waals surface area (Å²) >= 11 is 0. The third-order valence-electron chi connectivity index (χ3n) is 0.979. The van der Waals surface area contributed by atoms with E-state index >= 15 is 0 Å². The molecule has 1 rings (SSSR count). The van der Waals surface area contributed by atoms with Crippen LogP contribution in [0.3, 0.4) is 0 Å². The fourth-order valence-corrected chi connectivity index (χ4v) is 0.557. The molecule has 0 bridgehead atoms. The smallest absolute Gasteiger partial charge is 0.317 e. The Balaban J connectivity index is 0.000000252. The molecule has 0 aliphatic carbocycles. The van der Waals surface area contributed by atoms with Crippen molar-refractivity contribution in [2.24, 2.45) is 0 Å². The number of hydrogen-bond donors (Lipinski definition) is 0. The Kier molecular flexibility index (Phi) is 5.86. The van der Waals surface area contributed by atoms with E-state index in [1.165, 1.54) is 0 Å². The summed E-state index contributed by atoms with van der Waals surface area (Å²) in [6, 6.07) is 9.68. The van der Waals surface area contributed by atoms with E-state index in [0.717, 1.165) is 5.75 Å². The minimum atomic E-state index is -3.72. The van der Waals surface area contributed by atoms with E-state index in [-0.39, 0.29) is 0 Å². The Morgan fingerprint density at radius 3 is 1.77 bits per heavy atom. The zero-order valence-corrected chi connectivity index (χ0v) is 9.10. The second-order valence-corrected chi connectivity index (χ2v) is 5.56. The highest BCUT2D eigenvalue weighted by molar-refractivity contribution is 8.31. The minimum Gasteiger partial charge on any atom is -0.497 e. The zero-order valence-electron chi connectivity index (χ0n) is 6.78. The lowest BCUT2D eigenvalue weighted by Gasteiger charge is -1.93. The maximum atomic E-state index is 9.16. The molecule has 0 radical (unpaired) electrons. The Morgan fingerprint density at radius 2 is 1.54 bits per heavy atom.